The van der Waals surface area contributed by atoms with Crippen molar-refractivity contribution in [3.8, 4) is 0 Å². The van der Waals surface area contributed by atoms with Crippen LogP contribution in [-0.2, 0) is 15.6 Å². The number of furan rings is 1. The Labute approximate surface area is 74.9 Å². The number of sulfone groups is 1. The Balaban J connectivity index is 2.87. The third-order valence-corrected chi connectivity index (χ3v) is 2.09. The van der Waals surface area contributed by atoms with E-state index in [1.165, 1.54) is 12.1 Å². The largest absolute Gasteiger partial charge is 0.475 e. The van der Waals surface area contributed by atoms with Gasteiger partial charge in [0.15, 0.2) is 9.84 Å². The lowest BCUT2D eigenvalue weighted by Crippen LogP contribution is -1.99. The van der Waals surface area contributed by atoms with Crippen molar-refractivity contribution in [2.45, 2.75) is 5.75 Å². The molecule has 0 fully saturated rings. The van der Waals surface area contributed by atoms with Gasteiger partial charge >= 0.3 is 5.97 Å². The minimum Gasteiger partial charge on any atom is -0.475 e. The summed E-state index contributed by atoms with van der Waals surface area (Å²) < 4.78 is 26.3. The normalized spacial score (nSPS) is 11.5. The number of carboxylic acids is 1. The fourth-order valence-corrected chi connectivity index (χ4v) is 1.50. The first-order valence-electron chi connectivity index (χ1n) is 3.38. The Morgan fingerprint density at radius 1 is 1.54 bits per heavy atom. The highest BCUT2D eigenvalue weighted by molar-refractivity contribution is 7.89. The first kappa shape index (κ1) is 9.79. The number of rotatable bonds is 3. The molecule has 0 aliphatic carbocycles. The zero-order valence-electron chi connectivity index (χ0n) is 6.85. The summed E-state index contributed by atoms with van der Waals surface area (Å²) in [6.07, 6.45) is 1.05. The summed E-state index contributed by atoms with van der Waals surface area (Å²) in [5.41, 5.74) is 0. The van der Waals surface area contributed by atoms with E-state index < -0.39 is 15.8 Å². The highest BCUT2D eigenvalue weighted by Gasteiger charge is 2.12. The Bertz CT molecular complexity index is 414. The van der Waals surface area contributed by atoms with Gasteiger partial charge in [-0.15, -0.1) is 0 Å². The summed E-state index contributed by atoms with van der Waals surface area (Å²) in [5.74, 6) is -1.60. The van der Waals surface area contributed by atoms with Gasteiger partial charge in [0.25, 0.3) is 0 Å². The summed E-state index contributed by atoms with van der Waals surface area (Å²) >= 11 is 0. The molecular weight excluding hydrogens is 196 g/mol. The number of carboxylic acid groups (broad SMARTS) is 1. The molecule has 0 aliphatic heterocycles. The molecule has 0 unspecified atom stereocenters. The molecule has 0 amide bonds. The van der Waals surface area contributed by atoms with E-state index in [1.807, 2.05) is 0 Å². The molecule has 6 heteroatoms. The van der Waals surface area contributed by atoms with Gasteiger partial charge in [0.2, 0.25) is 5.76 Å². The van der Waals surface area contributed by atoms with Crippen LogP contribution in [0.1, 0.15) is 16.3 Å². The van der Waals surface area contributed by atoms with E-state index in [1.54, 1.807) is 0 Å². The maximum atomic E-state index is 10.8. The van der Waals surface area contributed by atoms with Crippen LogP contribution < -0.4 is 0 Å². The average molecular weight is 204 g/mol. The van der Waals surface area contributed by atoms with Crippen LogP contribution in [0, 0.1) is 0 Å². The zero-order valence-corrected chi connectivity index (χ0v) is 7.67. The minimum atomic E-state index is -3.18. The Morgan fingerprint density at radius 3 is 2.54 bits per heavy atom. The standard InChI is InChI=1S/C7H8O5S/c1-13(10,11)4-5-2-3-6(12-5)7(8)9/h2-3H,4H2,1H3,(H,8,9). The molecule has 13 heavy (non-hydrogen) atoms. The molecule has 1 N–H and O–H groups in total. The van der Waals surface area contributed by atoms with Gasteiger partial charge < -0.3 is 9.52 Å². The van der Waals surface area contributed by atoms with Gasteiger partial charge in [-0.1, -0.05) is 0 Å². The molecule has 1 aromatic heterocycles. The Hall–Kier alpha value is -1.30. The highest BCUT2D eigenvalue weighted by Crippen LogP contribution is 2.10. The molecule has 72 valence electrons. The van der Waals surface area contributed by atoms with Crippen molar-refractivity contribution in [2.24, 2.45) is 0 Å². The number of hydrogen-bond donors (Lipinski definition) is 1. The van der Waals surface area contributed by atoms with Crippen LogP contribution in [0.15, 0.2) is 16.5 Å². The monoisotopic (exact) mass is 204 g/mol. The van der Waals surface area contributed by atoms with Crippen molar-refractivity contribution >= 4 is 15.8 Å². The molecule has 5 nitrogen and oxygen atoms in total. The van der Waals surface area contributed by atoms with Crippen molar-refractivity contribution in [2.75, 3.05) is 6.26 Å². The second kappa shape index (κ2) is 3.21. The summed E-state index contributed by atoms with van der Waals surface area (Å²) in [7, 11) is -3.18. The molecule has 0 saturated carbocycles. The second-order valence-electron chi connectivity index (χ2n) is 2.64. The molecule has 1 aromatic rings. The first-order valence-corrected chi connectivity index (χ1v) is 5.44. The molecular formula is C7H8O5S. The summed E-state index contributed by atoms with van der Waals surface area (Å²) in [6.45, 7) is 0. The van der Waals surface area contributed by atoms with E-state index in [0.717, 1.165) is 6.26 Å². The number of aromatic carboxylic acids is 1. The maximum Gasteiger partial charge on any atom is 0.371 e. The third-order valence-electron chi connectivity index (χ3n) is 1.28. The van der Waals surface area contributed by atoms with Crippen LogP contribution in [-0.4, -0.2) is 25.7 Å². The zero-order chi connectivity index (χ0) is 10.1. The van der Waals surface area contributed by atoms with Crippen LogP contribution in [0.3, 0.4) is 0 Å². The van der Waals surface area contributed by atoms with Crippen molar-refractivity contribution in [3.63, 3.8) is 0 Å². The lowest BCUT2D eigenvalue weighted by molar-refractivity contribution is 0.0660. The Kier molecular flexibility index (Phi) is 2.42. The molecule has 0 aromatic carbocycles. The van der Waals surface area contributed by atoms with E-state index in [9.17, 15) is 13.2 Å². The lowest BCUT2D eigenvalue weighted by Gasteiger charge is -1.92. The molecule has 1 heterocycles. The highest BCUT2D eigenvalue weighted by atomic mass is 32.2. The maximum absolute atomic E-state index is 10.8. The van der Waals surface area contributed by atoms with Gasteiger partial charge in [-0.25, -0.2) is 13.2 Å². The van der Waals surface area contributed by atoms with Crippen molar-refractivity contribution in [3.05, 3.63) is 23.7 Å². The van der Waals surface area contributed by atoms with E-state index >= 15 is 0 Å². The van der Waals surface area contributed by atoms with E-state index in [0.29, 0.717) is 0 Å². The summed E-state index contributed by atoms with van der Waals surface area (Å²) in [5, 5.41) is 8.45. The SMILES string of the molecule is CS(=O)(=O)Cc1ccc(C(=O)O)o1. The van der Waals surface area contributed by atoms with Crippen LogP contribution in [0.2, 0.25) is 0 Å². The summed E-state index contributed by atoms with van der Waals surface area (Å²) in [6, 6.07) is 2.56. The minimum absolute atomic E-state index is 0.139. The van der Waals surface area contributed by atoms with Gasteiger partial charge in [-0.05, 0) is 12.1 Å². The Morgan fingerprint density at radius 2 is 2.15 bits per heavy atom. The lowest BCUT2D eigenvalue weighted by atomic mass is 10.4. The average Bonchev–Trinajstić information content (AvgIpc) is 2.31. The smallest absolute Gasteiger partial charge is 0.371 e. The van der Waals surface area contributed by atoms with Crippen molar-refractivity contribution in [1.29, 1.82) is 0 Å². The second-order valence-corrected chi connectivity index (χ2v) is 4.78. The fourth-order valence-electron chi connectivity index (χ4n) is 0.829. The molecule has 0 aliphatic rings. The van der Waals surface area contributed by atoms with Gasteiger partial charge in [0.1, 0.15) is 11.5 Å². The predicted molar refractivity (Wildman–Crippen MR) is 44.2 cm³/mol. The third kappa shape index (κ3) is 2.90. The number of hydrogen-bond acceptors (Lipinski definition) is 4. The fraction of sp³-hybridized carbons (Fsp3) is 0.286. The molecule has 0 saturated heterocycles. The van der Waals surface area contributed by atoms with Crippen molar-refractivity contribution in [1.82, 2.24) is 0 Å². The van der Waals surface area contributed by atoms with Gasteiger partial charge in [0, 0.05) is 6.26 Å². The molecule has 0 bridgehead atoms. The first-order chi connectivity index (χ1) is 5.88. The predicted octanol–water partition coefficient (Wildman–Crippen LogP) is 0.522. The van der Waals surface area contributed by atoms with Crippen LogP contribution >= 0.6 is 0 Å². The molecule has 0 spiro atoms. The van der Waals surface area contributed by atoms with E-state index in [-0.39, 0.29) is 17.3 Å². The van der Waals surface area contributed by atoms with Crippen LogP contribution in [0.25, 0.3) is 0 Å². The van der Waals surface area contributed by atoms with E-state index in [2.05, 4.69) is 0 Å². The van der Waals surface area contributed by atoms with E-state index in [4.69, 9.17) is 9.52 Å². The van der Waals surface area contributed by atoms with Crippen LogP contribution in [0.4, 0.5) is 0 Å². The van der Waals surface area contributed by atoms with Gasteiger partial charge in [0.05, 0.1) is 0 Å². The van der Waals surface area contributed by atoms with Gasteiger partial charge in [-0.2, -0.15) is 0 Å². The topological polar surface area (TPSA) is 84.6 Å². The molecule has 0 radical (unpaired) electrons. The van der Waals surface area contributed by atoms with Crippen LogP contribution in [0.5, 0.6) is 0 Å². The van der Waals surface area contributed by atoms with Gasteiger partial charge in [-0.3, -0.25) is 0 Å². The molecule has 0 atom stereocenters. The quantitative estimate of drug-likeness (QED) is 0.775. The summed E-state index contributed by atoms with van der Waals surface area (Å²) in [4.78, 5) is 10.3. The van der Waals surface area contributed by atoms with Crippen molar-refractivity contribution < 1.29 is 22.7 Å². The number of carbonyl (C=O) groups is 1. The molecule has 1 rings (SSSR count).